The number of aromatic nitrogens is 2. The minimum Gasteiger partial charge on any atom is -0.321 e. The van der Waals surface area contributed by atoms with Gasteiger partial charge in [0.1, 0.15) is 5.82 Å². The Morgan fingerprint density at radius 1 is 1.04 bits per heavy atom. The van der Waals surface area contributed by atoms with Gasteiger partial charge in [-0.3, -0.25) is 0 Å². The summed E-state index contributed by atoms with van der Waals surface area (Å²) in [5, 5.41) is 0.245. The summed E-state index contributed by atoms with van der Waals surface area (Å²) in [6, 6.07) is 18.3. The quantitative estimate of drug-likeness (QED) is 0.682. The SMILES string of the molecule is Cc1ncc(S(=O)(=O)N2CCc3ccccc3[C@H](c3ccccc3)[C@H]2C)n1C. The highest BCUT2D eigenvalue weighted by atomic mass is 32.2. The second-order valence-corrected chi connectivity index (χ2v) is 9.23. The minimum absolute atomic E-state index is 0.0241. The van der Waals surface area contributed by atoms with Crippen LogP contribution in [0.2, 0.25) is 0 Å². The number of hydrogen-bond acceptors (Lipinski definition) is 3. The van der Waals surface area contributed by atoms with Crippen molar-refractivity contribution in [3.05, 3.63) is 83.3 Å². The Morgan fingerprint density at radius 2 is 1.71 bits per heavy atom. The van der Waals surface area contributed by atoms with Crippen molar-refractivity contribution in [1.29, 1.82) is 0 Å². The van der Waals surface area contributed by atoms with Crippen LogP contribution in [0.4, 0.5) is 0 Å². The van der Waals surface area contributed by atoms with Crippen LogP contribution in [0, 0.1) is 6.92 Å². The number of sulfonamides is 1. The van der Waals surface area contributed by atoms with Gasteiger partial charge in [-0.25, -0.2) is 13.4 Å². The van der Waals surface area contributed by atoms with Gasteiger partial charge in [-0.1, -0.05) is 54.6 Å². The maximum Gasteiger partial charge on any atom is 0.260 e. The first kappa shape index (κ1) is 18.9. The lowest BCUT2D eigenvalue weighted by molar-refractivity contribution is 0.324. The molecule has 1 aliphatic heterocycles. The summed E-state index contributed by atoms with van der Waals surface area (Å²) in [7, 11) is -1.92. The average Bonchev–Trinajstić information content (AvgIpc) is 2.95. The molecule has 0 bridgehead atoms. The van der Waals surface area contributed by atoms with Crippen LogP contribution in [0.5, 0.6) is 0 Å². The summed E-state index contributed by atoms with van der Waals surface area (Å²) in [6.07, 6.45) is 2.16. The van der Waals surface area contributed by atoms with Crippen molar-refractivity contribution >= 4 is 10.0 Å². The van der Waals surface area contributed by atoms with E-state index in [2.05, 4.69) is 29.2 Å². The summed E-state index contributed by atoms with van der Waals surface area (Å²) >= 11 is 0. The van der Waals surface area contributed by atoms with Crippen LogP contribution >= 0.6 is 0 Å². The Bertz CT molecular complexity index is 1090. The van der Waals surface area contributed by atoms with Gasteiger partial charge in [0, 0.05) is 25.6 Å². The van der Waals surface area contributed by atoms with E-state index in [0.29, 0.717) is 18.8 Å². The number of imidazole rings is 1. The van der Waals surface area contributed by atoms with Crippen molar-refractivity contribution in [3.8, 4) is 0 Å². The fourth-order valence-electron chi connectivity index (χ4n) is 4.22. The number of hydrogen-bond donors (Lipinski definition) is 0. The standard InChI is InChI=1S/C22H25N3O2S/c1-16-22(19-10-5-4-6-11-19)20-12-8-7-9-18(20)13-14-25(16)28(26,27)21-15-23-17(2)24(21)3/h4-12,15-16,22H,13-14H2,1-3H3/t16-,22+/m1/s1. The molecule has 0 fully saturated rings. The number of rotatable bonds is 3. The molecular weight excluding hydrogens is 370 g/mol. The molecular formula is C22H25N3O2S. The van der Waals surface area contributed by atoms with Crippen molar-refractivity contribution in [2.75, 3.05) is 6.54 Å². The van der Waals surface area contributed by atoms with Crippen molar-refractivity contribution in [3.63, 3.8) is 0 Å². The largest absolute Gasteiger partial charge is 0.321 e. The predicted octanol–water partition coefficient (Wildman–Crippen LogP) is 3.50. The normalized spacial score (nSPS) is 20.5. The topological polar surface area (TPSA) is 55.2 Å². The number of fused-ring (bicyclic) bond motifs is 1. The van der Waals surface area contributed by atoms with E-state index in [-0.39, 0.29) is 17.0 Å². The fourth-order valence-corrected chi connectivity index (χ4v) is 6.02. The molecule has 2 atom stereocenters. The first-order valence-corrected chi connectivity index (χ1v) is 11.0. The maximum absolute atomic E-state index is 13.6. The van der Waals surface area contributed by atoms with Crippen LogP contribution < -0.4 is 0 Å². The molecule has 0 N–H and O–H groups in total. The molecule has 0 saturated heterocycles. The second kappa shape index (κ2) is 7.18. The monoisotopic (exact) mass is 395 g/mol. The van der Waals surface area contributed by atoms with Gasteiger partial charge in [0.2, 0.25) is 0 Å². The molecule has 1 aromatic heterocycles. The van der Waals surface area contributed by atoms with Gasteiger partial charge >= 0.3 is 0 Å². The first-order valence-electron chi connectivity index (χ1n) is 9.54. The van der Waals surface area contributed by atoms with Gasteiger partial charge in [0.15, 0.2) is 5.03 Å². The van der Waals surface area contributed by atoms with Crippen LogP contribution in [-0.4, -0.2) is 34.9 Å². The van der Waals surface area contributed by atoms with Crippen LogP contribution in [0.1, 0.15) is 35.4 Å². The highest BCUT2D eigenvalue weighted by molar-refractivity contribution is 7.89. The smallest absolute Gasteiger partial charge is 0.260 e. The molecule has 1 aliphatic rings. The third kappa shape index (κ3) is 3.06. The zero-order valence-corrected chi connectivity index (χ0v) is 17.2. The molecule has 28 heavy (non-hydrogen) atoms. The summed E-state index contributed by atoms with van der Waals surface area (Å²) in [4.78, 5) is 4.20. The minimum atomic E-state index is -3.67. The lowest BCUT2D eigenvalue weighted by Crippen LogP contribution is -2.42. The van der Waals surface area contributed by atoms with E-state index in [1.54, 1.807) is 15.9 Å². The third-order valence-electron chi connectivity index (χ3n) is 5.84. The van der Waals surface area contributed by atoms with Crippen LogP contribution in [0.25, 0.3) is 0 Å². The van der Waals surface area contributed by atoms with Crippen LogP contribution in [0.3, 0.4) is 0 Å². The third-order valence-corrected chi connectivity index (χ3v) is 7.88. The average molecular weight is 396 g/mol. The fraction of sp³-hybridized carbons (Fsp3) is 0.318. The van der Waals surface area contributed by atoms with Gasteiger partial charge < -0.3 is 4.57 Å². The molecule has 2 aromatic carbocycles. The Morgan fingerprint density at radius 3 is 2.39 bits per heavy atom. The molecule has 0 aliphatic carbocycles. The summed E-state index contributed by atoms with van der Waals surface area (Å²) in [6.45, 7) is 4.28. The molecule has 0 unspecified atom stereocenters. The van der Waals surface area contributed by atoms with E-state index in [0.717, 1.165) is 5.56 Å². The highest BCUT2D eigenvalue weighted by Gasteiger charge is 2.39. The molecule has 0 amide bonds. The Balaban J connectivity index is 1.85. The van der Waals surface area contributed by atoms with Crippen molar-refractivity contribution in [1.82, 2.24) is 13.9 Å². The molecule has 0 radical (unpaired) electrons. The molecule has 0 spiro atoms. The zero-order valence-electron chi connectivity index (χ0n) is 16.4. The van der Waals surface area contributed by atoms with Gasteiger partial charge in [0.25, 0.3) is 10.0 Å². The lowest BCUT2D eigenvalue weighted by Gasteiger charge is -2.32. The molecule has 4 rings (SSSR count). The lowest BCUT2D eigenvalue weighted by atomic mass is 9.84. The molecule has 2 heterocycles. The summed E-state index contributed by atoms with van der Waals surface area (Å²) in [5.41, 5.74) is 3.55. The Hall–Kier alpha value is -2.44. The van der Waals surface area contributed by atoms with Crippen molar-refractivity contribution in [2.24, 2.45) is 7.05 Å². The number of benzene rings is 2. The molecule has 0 saturated carbocycles. The predicted molar refractivity (Wildman–Crippen MR) is 110 cm³/mol. The first-order chi connectivity index (χ1) is 13.4. The highest BCUT2D eigenvalue weighted by Crippen LogP contribution is 2.37. The molecule has 146 valence electrons. The second-order valence-electron chi connectivity index (χ2n) is 7.40. The Labute approximate surface area is 166 Å². The molecule has 3 aromatic rings. The molecule has 6 heteroatoms. The van der Waals surface area contributed by atoms with Crippen molar-refractivity contribution < 1.29 is 8.42 Å². The van der Waals surface area contributed by atoms with Gasteiger partial charge in [-0.15, -0.1) is 0 Å². The van der Waals surface area contributed by atoms with E-state index in [9.17, 15) is 8.42 Å². The van der Waals surface area contributed by atoms with Gasteiger partial charge in [-0.2, -0.15) is 4.31 Å². The zero-order chi connectivity index (χ0) is 19.9. The summed E-state index contributed by atoms with van der Waals surface area (Å²) < 4.78 is 30.5. The van der Waals surface area contributed by atoms with Gasteiger partial charge in [-0.05, 0) is 37.0 Å². The van der Waals surface area contributed by atoms with E-state index in [1.807, 2.05) is 44.2 Å². The van der Waals surface area contributed by atoms with E-state index < -0.39 is 10.0 Å². The number of aryl methyl sites for hydroxylation is 1. The van der Waals surface area contributed by atoms with Gasteiger partial charge in [0.05, 0.1) is 6.20 Å². The van der Waals surface area contributed by atoms with E-state index in [4.69, 9.17) is 0 Å². The summed E-state index contributed by atoms with van der Waals surface area (Å²) in [5.74, 6) is 0.660. The van der Waals surface area contributed by atoms with E-state index in [1.165, 1.54) is 17.3 Å². The van der Waals surface area contributed by atoms with E-state index >= 15 is 0 Å². The Kier molecular flexibility index (Phi) is 4.85. The molecule has 5 nitrogen and oxygen atoms in total. The van der Waals surface area contributed by atoms with Crippen molar-refractivity contribution in [2.45, 2.75) is 37.3 Å². The van der Waals surface area contributed by atoms with Crippen LogP contribution in [-0.2, 0) is 23.5 Å². The maximum atomic E-state index is 13.6. The van der Waals surface area contributed by atoms with Crippen LogP contribution in [0.15, 0.2) is 65.8 Å². The number of nitrogens with zero attached hydrogens (tertiary/aromatic N) is 3.